The van der Waals surface area contributed by atoms with Crippen molar-refractivity contribution in [1.82, 2.24) is 0 Å². The molecule has 130 valence electrons. The van der Waals surface area contributed by atoms with Crippen LogP contribution in [0.15, 0.2) is 48.5 Å². The molecule has 2 rings (SSSR count). The van der Waals surface area contributed by atoms with Crippen LogP contribution in [0, 0.1) is 5.82 Å². The van der Waals surface area contributed by atoms with Crippen LogP contribution in [0.4, 0.5) is 10.1 Å². The molecule has 5 nitrogen and oxygen atoms in total. The average molecular weight is 364 g/mol. The first-order valence-electron chi connectivity index (χ1n) is 7.44. The summed E-state index contributed by atoms with van der Waals surface area (Å²) >= 11 is 5.61. The molecule has 7 heteroatoms. The van der Waals surface area contributed by atoms with Gasteiger partial charge in [-0.05, 0) is 18.2 Å². The van der Waals surface area contributed by atoms with Gasteiger partial charge in [0.25, 0.3) is 5.91 Å². The van der Waals surface area contributed by atoms with Gasteiger partial charge in [-0.3, -0.25) is 14.4 Å². The molecule has 0 fully saturated rings. The number of hydrogen-bond donors (Lipinski definition) is 1. The number of amides is 1. The summed E-state index contributed by atoms with van der Waals surface area (Å²) in [5.41, 5.74) is 0.441. The number of ketones is 1. The number of rotatable bonds is 7. The van der Waals surface area contributed by atoms with E-state index in [9.17, 15) is 18.8 Å². The molecule has 1 amide bonds. The van der Waals surface area contributed by atoms with Gasteiger partial charge in [0.15, 0.2) is 12.4 Å². The molecule has 0 saturated heterocycles. The van der Waals surface area contributed by atoms with E-state index in [4.69, 9.17) is 16.3 Å². The van der Waals surface area contributed by atoms with Crippen molar-refractivity contribution >= 4 is 34.9 Å². The van der Waals surface area contributed by atoms with Crippen molar-refractivity contribution in [1.29, 1.82) is 0 Å². The van der Waals surface area contributed by atoms with E-state index in [0.717, 1.165) is 6.07 Å². The predicted molar refractivity (Wildman–Crippen MR) is 91.0 cm³/mol. The normalized spacial score (nSPS) is 10.2. The fourth-order valence-corrected chi connectivity index (χ4v) is 2.14. The Morgan fingerprint density at radius 2 is 1.76 bits per heavy atom. The highest BCUT2D eigenvalue weighted by Crippen LogP contribution is 2.18. The SMILES string of the molecule is O=C(COC(=O)CCC(=O)c1ccccc1)Nc1ccc(Cl)cc1F. The molecule has 0 radical (unpaired) electrons. The van der Waals surface area contributed by atoms with E-state index >= 15 is 0 Å². The van der Waals surface area contributed by atoms with Crippen molar-refractivity contribution in [3.63, 3.8) is 0 Å². The van der Waals surface area contributed by atoms with Crippen molar-refractivity contribution in [2.45, 2.75) is 12.8 Å². The van der Waals surface area contributed by atoms with Gasteiger partial charge in [0.05, 0.1) is 12.1 Å². The van der Waals surface area contributed by atoms with Crippen LogP contribution in [0.2, 0.25) is 5.02 Å². The zero-order valence-electron chi connectivity index (χ0n) is 13.1. The molecule has 0 spiro atoms. The minimum atomic E-state index is -0.694. The third-order valence-electron chi connectivity index (χ3n) is 3.22. The number of esters is 1. The first kappa shape index (κ1) is 18.6. The minimum Gasteiger partial charge on any atom is -0.456 e. The molecule has 0 heterocycles. The van der Waals surface area contributed by atoms with Crippen molar-refractivity contribution in [3.8, 4) is 0 Å². The molecule has 1 N–H and O–H groups in total. The van der Waals surface area contributed by atoms with E-state index in [1.54, 1.807) is 30.3 Å². The number of Topliss-reactive ketones (excluding diaryl/α,β-unsaturated/α-hetero) is 1. The van der Waals surface area contributed by atoms with E-state index in [1.807, 2.05) is 0 Å². The summed E-state index contributed by atoms with van der Waals surface area (Å²) < 4.78 is 18.3. The Hall–Kier alpha value is -2.73. The lowest BCUT2D eigenvalue weighted by Gasteiger charge is -2.07. The lowest BCUT2D eigenvalue weighted by molar-refractivity contribution is -0.147. The zero-order valence-corrected chi connectivity index (χ0v) is 13.9. The summed E-state index contributed by atoms with van der Waals surface area (Å²) in [6, 6.07) is 12.3. The molecular formula is C18H15ClFNO4. The van der Waals surface area contributed by atoms with Crippen LogP contribution in [0.3, 0.4) is 0 Å². The van der Waals surface area contributed by atoms with Gasteiger partial charge < -0.3 is 10.1 Å². The largest absolute Gasteiger partial charge is 0.456 e. The maximum Gasteiger partial charge on any atom is 0.306 e. The number of carbonyl (C=O) groups is 3. The third-order valence-corrected chi connectivity index (χ3v) is 3.46. The van der Waals surface area contributed by atoms with Crippen LogP contribution >= 0.6 is 11.6 Å². The van der Waals surface area contributed by atoms with Crippen LogP contribution in [-0.2, 0) is 14.3 Å². The predicted octanol–water partition coefficient (Wildman–Crippen LogP) is 3.62. The van der Waals surface area contributed by atoms with Gasteiger partial charge in [-0.2, -0.15) is 0 Å². The first-order valence-corrected chi connectivity index (χ1v) is 7.82. The molecule has 0 unspecified atom stereocenters. The first-order chi connectivity index (χ1) is 12.0. The lowest BCUT2D eigenvalue weighted by atomic mass is 10.1. The maximum absolute atomic E-state index is 13.5. The molecule has 0 saturated carbocycles. The second kappa shape index (κ2) is 8.94. The van der Waals surface area contributed by atoms with Crippen molar-refractivity contribution in [2.75, 3.05) is 11.9 Å². The number of benzene rings is 2. The van der Waals surface area contributed by atoms with Crippen molar-refractivity contribution in [3.05, 3.63) is 64.9 Å². The van der Waals surface area contributed by atoms with Crippen LogP contribution in [0.5, 0.6) is 0 Å². The fourth-order valence-electron chi connectivity index (χ4n) is 1.98. The van der Waals surface area contributed by atoms with E-state index < -0.39 is 24.3 Å². The van der Waals surface area contributed by atoms with E-state index in [1.165, 1.54) is 12.1 Å². The van der Waals surface area contributed by atoms with Crippen molar-refractivity contribution in [2.24, 2.45) is 0 Å². The summed E-state index contributed by atoms with van der Waals surface area (Å²) in [5, 5.41) is 2.47. The number of ether oxygens (including phenoxy) is 1. The number of hydrogen-bond acceptors (Lipinski definition) is 4. The molecule has 0 aliphatic rings. The molecule has 0 aromatic heterocycles. The minimum absolute atomic E-state index is 0.0176. The van der Waals surface area contributed by atoms with Gasteiger partial charge in [-0.1, -0.05) is 41.9 Å². The quantitative estimate of drug-likeness (QED) is 0.602. The number of nitrogens with one attached hydrogen (secondary N) is 1. The number of halogens is 2. The van der Waals surface area contributed by atoms with Gasteiger partial charge in [0, 0.05) is 17.0 Å². The summed E-state index contributed by atoms with van der Waals surface area (Å²) in [7, 11) is 0. The fraction of sp³-hybridized carbons (Fsp3) is 0.167. The molecule has 0 aliphatic carbocycles. The Balaban J connectivity index is 1.74. The standard InChI is InChI=1S/C18H15ClFNO4/c19-13-6-7-15(14(20)10-13)21-17(23)11-25-18(24)9-8-16(22)12-4-2-1-3-5-12/h1-7,10H,8-9,11H2,(H,21,23). The molecule has 2 aromatic rings. The Labute approximate surface area is 148 Å². The smallest absolute Gasteiger partial charge is 0.306 e. The Kier molecular flexibility index (Phi) is 6.65. The van der Waals surface area contributed by atoms with Crippen LogP contribution in [0.25, 0.3) is 0 Å². The highest BCUT2D eigenvalue weighted by atomic mass is 35.5. The second-order valence-electron chi connectivity index (χ2n) is 5.12. The third kappa shape index (κ3) is 6.00. The van der Waals surface area contributed by atoms with Crippen LogP contribution in [0.1, 0.15) is 23.2 Å². The van der Waals surface area contributed by atoms with E-state index in [-0.39, 0.29) is 29.3 Å². The second-order valence-corrected chi connectivity index (χ2v) is 5.56. The molecule has 2 aromatic carbocycles. The highest BCUT2D eigenvalue weighted by Gasteiger charge is 2.13. The van der Waals surface area contributed by atoms with Crippen LogP contribution in [-0.4, -0.2) is 24.3 Å². The van der Waals surface area contributed by atoms with Gasteiger partial charge in [0.2, 0.25) is 0 Å². The zero-order chi connectivity index (χ0) is 18.2. The molecule has 0 atom stereocenters. The Bertz CT molecular complexity index is 780. The summed E-state index contributed by atoms with van der Waals surface area (Å²) in [5.74, 6) is -2.26. The van der Waals surface area contributed by atoms with E-state index in [2.05, 4.69) is 5.32 Å². The number of carbonyl (C=O) groups excluding carboxylic acids is 3. The van der Waals surface area contributed by atoms with E-state index in [0.29, 0.717) is 5.56 Å². The average Bonchev–Trinajstić information content (AvgIpc) is 2.61. The molecule has 0 aliphatic heterocycles. The Morgan fingerprint density at radius 1 is 1.04 bits per heavy atom. The summed E-state index contributed by atoms with van der Waals surface area (Å²) in [6.07, 6.45) is -0.160. The van der Waals surface area contributed by atoms with Gasteiger partial charge in [-0.15, -0.1) is 0 Å². The van der Waals surface area contributed by atoms with Crippen molar-refractivity contribution < 1.29 is 23.5 Å². The van der Waals surface area contributed by atoms with Gasteiger partial charge >= 0.3 is 5.97 Å². The lowest BCUT2D eigenvalue weighted by Crippen LogP contribution is -2.21. The van der Waals surface area contributed by atoms with Gasteiger partial charge in [-0.25, -0.2) is 4.39 Å². The Morgan fingerprint density at radius 3 is 2.44 bits per heavy atom. The maximum atomic E-state index is 13.5. The van der Waals surface area contributed by atoms with Gasteiger partial charge in [0.1, 0.15) is 5.82 Å². The molecule has 0 bridgehead atoms. The monoisotopic (exact) mass is 363 g/mol. The summed E-state index contributed by atoms with van der Waals surface area (Å²) in [4.78, 5) is 35.1. The van der Waals surface area contributed by atoms with Crippen LogP contribution < -0.4 is 5.32 Å². The number of anilines is 1. The molecular weight excluding hydrogens is 349 g/mol. The summed E-state index contributed by atoms with van der Waals surface area (Å²) in [6.45, 7) is -0.569. The highest BCUT2D eigenvalue weighted by molar-refractivity contribution is 6.30. The topological polar surface area (TPSA) is 72.5 Å². The molecule has 25 heavy (non-hydrogen) atoms.